The van der Waals surface area contributed by atoms with Crippen molar-refractivity contribution in [2.75, 3.05) is 0 Å². The van der Waals surface area contributed by atoms with Crippen LogP contribution >= 0.6 is 15.9 Å². The van der Waals surface area contributed by atoms with Crippen LogP contribution in [0.15, 0.2) is 28.9 Å². The summed E-state index contributed by atoms with van der Waals surface area (Å²) in [7, 11) is 0. The average molecular weight is 241 g/mol. The molecule has 13 heavy (non-hydrogen) atoms. The van der Waals surface area contributed by atoms with Crippen LogP contribution in [-0.2, 0) is 4.79 Å². The molecule has 3 nitrogen and oxygen atoms in total. The number of carbonyl (C=O) groups excluding carboxylic acids is 1. The number of nitrogens with zero attached hydrogens (tertiary/aromatic N) is 1. The minimum Gasteiger partial charge on any atom is -0.369 e. The molecule has 1 amide bonds. The van der Waals surface area contributed by atoms with E-state index < -0.39 is 0 Å². The largest absolute Gasteiger partial charge is 0.369 e. The van der Waals surface area contributed by atoms with Crippen molar-refractivity contribution in [3.05, 3.63) is 34.6 Å². The van der Waals surface area contributed by atoms with E-state index in [-0.39, 0.29) is 12.3 Å². The average Bonchev–Trinajstić information content (AvgIpc) is 2.08. The number of rotatable bonds is 3. The van der Waals surface area contributed by atoms with Gasteiger partial charge in [-0.05, 0) is 34.1 Å². The van der Waals surface area contributed by atoms with Crippen molar-refractivity contribution < 1.29 is 4.79 Å². The van der Waals surface area contributed by atoms with Crippen LogP contribution in [-0.4, -0.2) is 10.9 Å². The van der Waals surface area contributed by atoms with E-state index in [0.29, 0.717) is 0 Å². The summed E-state index contributed by atoms with van der Waals surface area (Å²) in [6.07, 6.45) is 5.40. The molecular weight excluding hydrogens is 232 g/mol. The smallest absolute Gasteiger partial charge is 0.221 e. The molecule has 1 rings (SSSR count). The van der Waals surface area contributed by atoms with E-state index in [1.807, 2.05) is 12.1 Å². The first kappa shape index (κ1) is 9.92. The summed E-state index contributed by atoms with van der Waals surface area (Å²) < 4.78 is 0.930. The number of halogens is 1. The molecular formula is C9H9BrN2O. The molecule has 0 fully saturated rings. The van der Waals surface area contributed by atoms with Gasteiger partial charge < -0.3 is 5.73 Å². The number of hydrogen-bond acceptors (Lipinski definition) is 2. The van der Waals surface area contributed by atoms with Crippen LogP contribution in [0.2, 0.25) is 0 Å². The second kappa shape index (κ2) is 4.77. The first-order valence-corrected chi connectivity index (χ1v) is 4.54. The normalized spacial score (nSPS) is 10.5. The first-order chi connectivity index (χ1) is 6.18. The molecule has 0 saturated carbocycles. The Morgan fingerprint density at radius 3 is 2.92 bits per heavy atom. The van der Waals surface area contributed by atoms with Gasteiger partial charge in [0.2, 0.25) is 5.91 Å². The monoisotopic (exact) mass is 240 g/mol. The van der Waals surface area contributed by atoms with Gasteiger partial charge in [0.15, 0.2) is 0 Å². The zero-order valence-corrected chi connectivity index (χ0v) is 8.49. The van der Waals surface area contributed by atoms with Crippen molar-refractivity contribution in [1.82, 2.24) is 4.98 Å². The summed E-state index contributed by atoms with van der Waals surface area (Å²) in [5.41, 5.74) is 5.77. The Labute approximate surface area is 84.8 Å². The molecule has 0 saturated heterocycles. The molecule has 1 aromatic rings. The summed E-state index contributed by atoms with van der Waals surface area (Å²) in [5.74, 6) is -0.339. The minimum absolute atomic E-state index is 0.248. The Morgan fingerprint density at radius 1 is 1.62 bits per heavy atom. The van der Waals surface area contributed by atoms with Crippen LogP contribution in [0.1, 0.15) is 12.1 Å². The van der Waals surface area contributed by atoms with Crippen LogP contribution in [0.3, 0.4) is 0 Å². The molecule has 0 aliphatic rings. The molecule has 1 aromatic heterocycles. The van der Waals surface area contributed by atoms with E-state index in [0.717, 1.165) is 10.2 Å². The highest BCUT2D eigenvalue weighted by Gasteiger charge is 1.90. The standard InChI is InChI=1S/C9H9BrN2O/c10-7-4-5-8(12-6-7)2-1-3-9(11)13/h1-2,4-6H,3H2,(H2,11,13). The quantitative estimate of drug-likeness (QED) is 0.876. The van der Waals surface area contributed by atoms with E-state index in [1.165, 1.54) is 0 Å². The second-order valence-corrected chi connectivity index (χ2v) is 3.39. The number of carbonyl (C=O) groups is 1. The number of pyridine rings is 1. The van der Waals surface area contributed by atoms with Gasteiger partial charge in [0.25, 0.3) is 0 Å². The van der Waals surface area contributed by atoms with Gasteiger partial charge in [0, 0.05) is 17.1 Å². The Balaban J connectivity index is 2.59. The fourth-order valence-electron chi connectivity index (χ4n) is 0.782. The van der Waals surface area contributed by atoms with Gasteiger partial charge in [-0.1, -0.05) is 6.08 Å². The van der Waals surface area contributed by atoms with E-state index in [1.54, 1.807) is 18.3 Å². The summed E-state index contributed by atoms with van der Waals surface area (Å²) in [4.78, 5) is 14.5. The first-order valence-electron chi connectivity index (χ1n) is 3.75. The second-order valence-electron chi connectivity index (χ2n) is 2.47. The number of hydrogen-bond donors (Lipinski definition) is 1. The molecule has 0 bridgehead atoms. The highest BCUT2D eigenvalue weighted by molar-refractivity contribution is 9.10. The zero-order chi connectivity index (χ0) is 9.68. The lowest BCUT2D eigenvalue weighted by Gasteiger charge is -1.91. The molecule has 4 heteroatoms. The predicted molar refractivity (Wildman–Crippen MR) is 54.8 cm³/mol. The molecule has 0 aliphatic heterocycles. The van der Waals surface area contributed by atoms with Crippen LogP contribution in [0.25, 0.3) is 6.08 Å². The summed E-state index contributed by atoms with van der Waals surface area (Å²) in [5, 5.41) is 0. The molecule has 0 aromatic carbocycles. The third-order valence-corrected chi connectivity index (χ3v) is 1.83. The van der Waals surface area contributed by atoms with Gasteiger partial charge in [-0.25, -0.2) is 0 Å². The van der Waals surface area contributed by atoms with Crippen LogP contribution in [0.5, 0.6) is 0 Å². The van der Waals surface area contributed by atoms with E-state index in [4.69, 9.17) is 5.73 Å². The number of nitrogens with two attached hydrogens (primary N) is 1. The topological polar surface area (TPSA) is 56.0 Å². The Bertz CT molecular complexity index is 319. The summed E-state index contributed by atoms with van der Waals surface area (Å²) in [6.45, 7) is 0. The lowest BCUT2D eigenvalue weighted by Crippen LogP contribution is -2.07. The van der Waals surface area contributed by atoms with Crippen molar-refractivity contribution in [2.24, 2.45) is 5.73 Å². The molecule has 0 radical (unpaired) electrons. The third kappa shape index (κ3) is 3.85. The maximum absolute atomic E-state index is 10.4. The van der Waals surface area contributed by atoms with Crippen molar-refractivity contribution in [3.8, 4) is 0 Å². The number of aromatic nitrogens is 1. The van der Waals surface area contributed by atoms with Crippen LogP contribution in [0, 0.1) is 0 Å². The Hall–Kier alpha value is -1.16. The van der Waals surface area contributed by atoms with Crippen molar-refractivity contribution in [1.29, 1.82) is 0 Å². The van der Waals surface area contributed by atoms with Crippen LogP contribution in [0.4, 0.5) is 0 Å². The fraction of sp³-hybridized carbons (Fsp3) is 0.111. The van der Waals surface area contributed by atoms with Crippen molar-refractivity contribution in [3.63, 3.8) is 0 Å². The zero-order valence-electron chi connectivity index (χ0n) is 6.90. The summed E-state index contributed by atoms with van der Waals surface area (Å²) >= 11 is 3.28. The maximum atomic E-state index is 10.4. The lowest BCUT2D eigenvalue weighted by atomic mass is 10.3. The van der Waals surface area contributed by atoms with E-state index in [2.05, 4.69) is 20.9 Å². The van der Waals surface area contributed by atoms with Gasteiger partial charge >= 0.3 is 0 Å². The van der Waals surface area contributed by atoms with E-state index in [9.17, 15) is 4.79 Å². The van der Waals surface area contributed by atoms with Gasteiger partial charge in [0.05, 0.1) is 5.69 Å². The van der Waals surface area contributed by atoms with E-state index >= 15 is 0 Å². The molecule has 1 heterocycles. The highest BCUT2D eigenvalue weighted by Crippen LogP contribution is 2.08. The molecule has 0 unspecified atom stereocenters. The highest BCUT2D eigenvalue weighted by atomic mass is 79.9. The predicted octanol–water partition coefficient (Wildman–Crippen LogP) is 1.73. The fourth-order valence-corrected chi connectivity index (χ4v) is 1.02. The Morgan fingerprint density at radius 2 is 2.38 bits per heavy atom. The maximum Gasteiger partial charge on any atom is 0.221 e. The molecule has 0 aliphatic carbocycles. The van der Waals surface area contributed by atoms with Gasteiger partial charge in [-0.2, -0.15) is 0 Å². The Kier molecular flexibility index (Phi) is 3.64. The van der Waals surface area contributed by atoms with Gasteiger partial charge in [0.1, 0.15) is 0 Å². The molecule has 68 valence electrons. The minimum atomic E-state index is -0.339. The lowest BCUT2D eigenvalue weighted by molar-refractivity contribution is -0.117. The van der Waals surface area contributed by atoms with Crippen LogP contribution < -0.4 is 5.73 Å². The van der Waals surface area contributed by atoms with Crippen molar-refractivity contribution >= 4 is 27.9 Å². The summed E-state index contributed by atoms with van der Waals surface area (Å²) in [6, 6.07) is 3.73. The molecule has 0 atom stereocenters. The van der Waals surface area contributed by atoms with Gasteiger partial charge in [-0.3, -0.25) is 9.78 Å². The third-order valence-electron chi connectivity index (χ3n) is 1.36. The van der Waals surface area contributed by atoms with Gasteiger partial charge in [-0.15, -0.1) is 0 Å². The molecule has 2 N–H and O–H groups in total. The molecule has 0 spiro atoms. The number of amides is 1. The SMILES string of the molecule is NC(=O)CC=Cc1ccc(Br)cn1. The van der Waals surface area contributed by atoms with Crippen molar-refractivity contribution in [2.45, 2.75) is 6.42 Å². The number of primary amides is 1.